The zero-order valence-corrected chi connectivity index (χ0v) is 13.8. The first kappa shape index (κ1) is 14.8. The van der Waals surface area contributed by atoms with E-state index in [4.69, 9.17) is 4.74 Å². The predicted molar refractivity (Wildman–Crippen MR) is 89.9 cm³/mol. The molecule has 2 fully saturated rings. The second-order valence-corrected chi connectivity index (χ2v) is 6.96. The van der Waals surface area contributed by atoms with Crippen LogP contribution in [-0.2, 0) is 4.74 Å². The first-order valence-electron chi connectivity index (χ1n) is 8.41. The summed E-state index contributed by atoms with van der Waals surface area (Å²) < 4.78 is 7.92. The summed E-state index contributed by atoms with van der Waals surface area (Å²) in [5, 5.41) is 4.09. The van der Waals surface area contributed by atoms with Gasteiger partial charge in [-0.3, -0.25) is 9.36 Å². The molecule has 1 atom stereocenters. The third kappa shape index (κ3) is 2.39. The molecule has 23 heavy (non-hydrogen) atoms. The summed E-state index contributed by atoms with van der Waals surface area (Å²) in [4.78, 5) is 17.5. The van der Waals surface area contributed by atoms with Gasteiger partial charge in [-0.15, -0.1) is 0 Å². The number of benzene rings is 1. The van der Waals surface area contributed by atoms with Crippen molar-refractivity contribution in [3.8, 4) is 0 Å². The lowest BCUT2D eigenvalue weighted by Crippen LogP contribution is -2.41. The summed E-state index contributed by atoms with van der Waals surface area (Å²) >= 11 is 0. The van der Waals surface area contributed by atoms with E-state index in [2.05, 4.69) is 10.3 Å². The number of hydrogen-bond acceptors (Lipinski definition) is 4. The Balaban J connectivity index is 1.72. The molecule has 1 spiro atoms. The Bertz CT molecular complexity index is 806. The number of hydrogen-bond donors (Lipinski definition) is 1. The molecule has 122 valence electrons. The van der Waals surface area contributed by atoms with Crippen molar-refractivity contribution in [1.29, 1.82) is 0 Å². The van der Waals surface area contributed by atoms with Crippen LogP contribution >= 0.6 is 0 Å². The minimum Gasteiger partial charge on any atom is -0.373 e. The lowest BCUT2D eigenvalue weighted by atomic mass is 9.88. The Morgan fingerprint density at radius 2 is 2.09 bits per heavy atom. The molecule has 2 aromatic rings. The Morgan fingerprint density at radius 3 is 2.87 bits per heavy atom. The maximum absolute atomic E-state index is 12.9. The number of nitrogens with zero attached hydrogens (tertiary/aromatic N) is 2. The van der Waals surface area contributed by atoms with E-state index in [1.165, 1.54) is 5.56 Å². The summed E-state index contributed by atoms with van der Waals surface area (Å²) in [6.45, 7) is 6.68. The van der Waals surface area contributed by atoms with Crippen LogP contribution in [0.15, 0.2) is 23.3 Å². The normalized spacial score (nSPS) is 23.7. The number of rotatable bonds is 1. The molecule has 0 bridgehead atoms. The Hall–Kier alpha value is -1.72. The number of piperidine rings is 1. The van der Waals surface area contributed by atoms with Crippen molar-refractivity contribution in [3.05, 3.63) is 39.9 Å². The zero-order chi connectivity index (χ0) is 16.0. The first-order chi connectivity index (χ1) is 11.1. The van der Waals surface area contributed by atoms with Gasteiger partial charge >= 0.3 is 0 Å². The van der Waals surface area contributed by atoms with Gasteiger partial charge in [-0.25, -0.2) is 4.98 Å². The molecule has 1 N–H and O–H groups in total. The van der Waals surface area contributed by atoms with Gasteiger partial charge in [-0.05, 0) is 63.4 Å². The van der Waals surface area contributed by atoms with Gasteiger partial charge in [0.2, 0.25) is 0 Å². The van der Waals surface area contributed by atoms with Gasteiger partial charge in [0.25, 0.3) is 5.56 Å². The van der Waals surface area contributed by atoms with E-state index in [0.717, 1.165) is 43.4 Å². The average molecular weight is 313 g/mol. The fourth-order valence-electron chi connectivity index (χ4n) is 3.94. The van der Waals surface area contributed by atoms with Crippen LogP contribution in [0.1, 0.15) is 36.4 Å². The molecule has 2 aliphatic rings. The third-order valence-corrected chi connectivity index (χ3v) is 5.58. The van der Waals surface area contributed by atoms with E-state index in [-0.39, 0.29) is 17.2 Å². The second-order valence-electron chi connectivity index (χ2n) is 6.96. The maximum Gasteiger partial charge on any atom is 0.261 e. The molecule has 0 unspecified atom stereocenters. The van der Waals surface area contributed by atoms with E-state index in [1.807, 2.05) is 26.0 Å². The SMILES string of the molecule is Cc1ccc2c(=O)n([C@@H]3COC4(CCNCC4)C3)cnc2c1C. The molecule has 2 saturated heterocycles. The van der Waals surface area contributed by atoms with E-state index < -0.39 is 0 Å². The van der Waals surface area contributed by atoms with Crippen molar-refractivity contribution < 1.29 is 4.74 Å². The number of aromatic nitrogens is 2. The van der Waals surface area contributed by atoms with E-state index in [9.17, 15) is 4.79 Å². The molecule has 0 radical (unpaired) electrons. The highest BCUT2D eigenvalue weighted by molar-refractivity contribution is 5.81. The third-order valence-electron chi connectivity index (χ3n) is 5.58. The van der Waals surface area contributed by atoms with Crippen LogP contribution in [-0.4, -0.2) is 34.8 Å². The van der Waals surface area contributed by atoms with Crippen molar-refractivity contribution in [1.82, 2.24) is 14.9 Å². The molecule has 5 heteroatoms. The average Bonchev–Trinajstić information content (AvgIpc) is 2.95. The molecule has 1 aromatic carbocycles. The van der Waals surface area contributed by atoms with Gasteiger partial charge < -0.3 is 10.1 Å². The fourth-order valence-corrected chi connectivity index (χ4v) is 3.94. The fraction of sp³-hybridized carbons (Fsp3) is 0.556. The Labute approximate surface area is 135 Å². The molecule has 3 heterocycles. The zero-order valence-electron chi connectivity index (χ0n) is 13.8. The molecule has 0 aliphatic carbocycles. The van der Waals surface area contributed by atoms with Crippen LogP contribution < -0.4 is 10.9 Å². The Kier molecular flexibility index (Phi) is 3.50. The van der Waals surface area contributed by atoms with Crippen LogP contribution in [0, 0.1) is 13.8 Å². The van der Waals surface area contributed by atoms with Gasteiger partial charge in [-0.2, -0.15) is 0 Å². The molecule has 0 amide bonds. The quantitative estimate of drug-likeness (QED) is 0.876. The predicted octanol–water partition coefficient (Wildman–Crippen LogP) is 2.10. The summed E-state index contributed by atoms with van der Waals surface area (Å²) in [7, 11) is 0. The van der Waals surface area contributed by atoms with Crippen molar-refractivity contribution >= 4 is 10.9 Å². The summed E-state index contributed by atoms with van der Waals surface area (Å²) in [5.74, 6) is 0. The molecule has 2 aliphatic heterocycles. The summed E-state index contributed by atoms with van der Waals surface area (Å²) in [5.41, 5.74) is 3.08. The number of nitrogens with one attached hydrogen (secondary N) is 1. The maximum atomic E-state index is 12.9. The number of fused-ring (bicyclic) bond motifs is 1. The highest BCUT2D eigenvalue weighted by Crippen LogP contribution is 2.38. The summed E-state index contributed by atoms with van der Waals surface area (Å²) in [6.07, 6.45) is 4.67. The molecular weight excluding hydrogens is 290 g/mol. The lowest BCUT2D eigenvalue weighted by molar-refractivity contribution is -0.0196. The van der Waals surface area contributed by atoms with Gasteiger partial charge in [0.05, 0.1) is 35.5 Å². The van der Waals surface area contributed by atoms with Gasteiger partial charge in [0.15, 0.2) is 0 Å². The van der Waals surface area contributed by atoms with Crippen LogP contribution in [0.5, 0.6) is 0 Å². The van der Waals surface area contributed by atoms with Gasteiger partial charge in [-0.1, -0.05) is 6.07 Å². The van der Waals surface area contributed by atoms with Gasteiger partial charge in [0.1, 0.15) is 0 Å². The minimum atomic E-state index is -0.0481. The lowest BCUT2D eigenvalue weighted by Gasteiger charge is -2.32. The topological polar surface area (TPSA) is 56.1 Å². The highest BCUT2D eigenvalue weighted by atomic mass is 16.5. The molecular formula is C18H23N3O2. The largest absolute Gasteiger partial charge is 0.373 e. The van der Waals surface area contributed by atoms with E-state index in [0.29, 0.717) is 12.0 Å². The van der Waals surface area contributed by atoms with Crippen molar-refractivity contribution in [2.75, 3.05) is 19.7 Å². The minimum absolute atomic E-state index is 0.0481. The van der Waals surface area contributed by atoms with Crippen molar-refractivity contribution in [3.63, 3.8) is 0 Å². The van der Waals surface area contributed by atoms with Crippen LogP contribution in [0.25, 0.3) is 10.9 Å². The Morgan fingerprint density at radius 1 is 1.30 bits per heavy atom. The molecule has 1 aromatic heterocycles. The second kappa shape index (κ2) is 5.42. The van der Waals surface area contributed by atoms with Crippen LogP contribution in [0.4, 0.5) is 0 Å². The summed E-state index contributed by atoms with van der Waals surface area (Å²) in [6, 6.07) is 4.00. The van der Waals surface area contributed by atoms with Crippen molar-refractivity contribution in [2.45, 2.75) is 44.8 Å². The number of ether oxygens (including phenoxy) is 1. The number of aryl methyl sites for hydroxylation is 2. The smallest absolute Gasteiger partial charge is 0.261 e. The monoisotopic (exact) mass is 313 g/mol. The van der Waals surface area contributed by atoms with Crippen molar-refractivity contribution in [2.24, 2.45) is 0 Å². The first-order valence-corrected chi connectivity index (χ1v) is 8.41. The molecule has 0 saturated carbocycles. The standard InChI is InChI=1S/C18H23N3O2/c1-12-3-4-15-16(13(12)2)20-11-21(17(15)22)14-9-18(23-10-14)5-7-19-8-6-18/h3-4,11,14,19H,5-10H2,1-2H3/t14-/m0/s1. The van der Waals surface area contributed by atoms with E-state index in [1.54, 1.807) is 10.9 Å². The van der Waals surface area contributed by atoms with Crippen LogP contribution in [0.2, 0.25) is 0 Å². The van der Waals surface area contributed by atoms with Gasteiger partial charge in [0, 0.05) is 0 Å². The highest BCUT2D eigenvalue weighted by Gasteiger charge is 2.42. The van der Waals surface area contributed by atoms with E-state index >= 15 is 0 Å². The molecule has 4 rings (SSSR count). The van der Waals surface area contributed by atoms with Crippen LogP contribution in [0.3, 0.4) is 0 Å². The molecule has 5 nitrogen and oxygen atoms in total.